The summed E-state index contributed by atoms with van der Waals surface area (Å²) in [5.74, 6) is 0.932. The van der Waals surface area contributed by atoms with Crippen LogP contribution in [0.1, 0.15) is 27.8 Å². The molecule has 0 N–H and O–H groups in total. The van der Waals surface area contributed by atoms with Crippen molar-refractivity contribution >= 4 is 12.6 Å². The lowest BCUT2D eigenvalue weighted by atomic mass is 9.92. The monoisotopic (exact) mass is 251 g/mol. The van der Waals surface area contributed by atoms with Gasteiger partial charge in [0.25, 0.3) is 0 Å². The number of aryl methyl sites for hydroxylation is 2. The molecule has 1 rings (SSSR count). The lowest BCUT2D eigenvalue weighted by molar-refractivity contribution is 0.360. The molecule has 96 valence electrons. The highest BCUT2D eigenvalue weighted by molar-refractivity contribution is 7.80. The van der Waals surface area contributed by atoms with Crippen LogP contribution in [0.25, 0.3) is 0 Å². The van der Waals surface area contributed by atoms with E-state index in [9.17, 15) is 0 Å². The molecule has 2 heteroatoms. The molecule has 0 aliphatic heterocycles. The number of rotatable bonds is 5. The van der Waals surface area contributed by atoms with Crippen LogP contribution >= 0.6 is 12.6 Å². The number of nitrogens with zero attached hydrogens (tertiary/aromatic N) is 1. The fraction of sp³-hybridized carbons (Fsp3) is 0.600. The molecule has 1 aromatic rings. The van der Waals surface area contributed by atoms with Crippen molar-refractivity contribution in [1.29, 1.82) is 0 Å². The molecule has 0 saturated carbocycles. The van der Waals surface area contributed by atoms with Gasteiger partial charge in [-0.2, -0.15) is 12.6 Å². The Labute approximate surface area is 112 Å². The minimum absolute atomic E-state index is 0.932. The molecule has 0 saturated heterocycles. The Bertz CT molecular complexity index is 359. The number of thiol groups is 1. The average molecular weight is 251 g/mol. The van der Waals surface area contributed by atoms with E-state index in [1.165, 1.54) is 27.8 Å². The maximum atomic E-state index is 4.27. The summed E-state index contributed by atoms with van der Waals surface area (Å²) in [5.41, 5.74) is 7.30. The molecule has 0 fully saturated rings. The smallest absolute Gasteiger partial charge is 0.00669 e. The van der Waals surface area contributed by atoms with Gasteiger partial charge in [-0.25, -0.2) is 0 Å². The number of likely N-dealkylation sites (N-methyl/N-ethyl adjacent to an activating group) is 1. The molecule has 0 aromatic heterocycles. The van der Waals surface area contributed by atoms with Gasteiger partial charge < -0.3 is 4.90 Å². The first-order chi connectivity index (χ1) is 7.97. The van der Waals surface area contributed by atoms with Crippen LogP contribution in [-0.2, 0) is 6.42 Å². The van der Waals surface area contributed by atoms with E-state index in [1.54, 1.807) is 0 Å². The van der Waals surface area contributed by atoms with Crippen molar-refractivity contribution in [2.24, 2.45) is 0 Å². The summed E-state index contributed by atoms with van der Waals surface area (Å²) in [6.45, 7) is 11.1. The Morgan fingerprint density at radius 2 is 1.53 bits per heavy atom. The minimum Gasteiger partial charge on any atom is -0.305 e. The summed E-state index contributed by atoms with van der Waals surface area (Å²) in [4.78, 5) is 2.35. The van der Waals surface area contributed by atoms with E-state index in [0.29, 0.717) is 0 Å². The van der Waals surface area contributed by atoms with Gasteiger partial charge in [0.2, 0.25) is 0 Å². The number of hydrogen-bond donors (Lipinski definition) is 1. The molecule has 0 spiro atoms. The third kappa shape index (κ3) is 3.75. The van der Waals surface area contributed by atoms with Crippen LogP contribution in [0.3, 0.4) is 0 Å². The molecule has 0 aliphatic carbocycles. The summed E-state index contributed by atoms with van der Waals surface area (Å²) < 4.78 is 0. The molecule has 0 atom stereocenters. The number of benzene rings is 1. The normalized spacial score (nSPS) is 11.2. The van der Waals surface area contributed by atoms with E-state index in [2.05, 4.69) is 58.3 Å². The molecule has 0 radical (unpaired) electrons. The van der Waals surface area contributed by atoms with Crippen molar-refractivity contribution in [3.8, 4) is 0 Å². The van der Waals surface area contributed by atoms with Crippen molar-refractivity contribution in [1.82, 2.24) is 4.90 Å². The highest BCUT2D eigenvalue weighted by atomic mass is 32.1. The Morgan fingerprint density at radius 3 is 2.00 bits per heavy atom. The van der Waals surface area contributed by atoms with Crippen LogP contribution in [0, 0.1) is 27.7 Å². The van der Waals surface area contributed by atoms with Crippen LogP contribution in [-0.4, -0.2) is 30.8 Å². The highest BCUT2D eigenvalue weighted by Crippen LogP contribution is 2.22. The molecule has 0 bridgehead atoms. The molecule has 17 heavy (non-hydrogen) atoms. The molecule has 0 aliphatic rings. The van der Waals surface area contributed by atoms with Gasteiger partial charge in [-0.15, -0.1) is 0 Å². The van der Waals surface area contributed by atoms with Gasteiger partial charge in [-0.1, -0.05) is 6.07 Å². The second-order valence-electron chi connectivity index (χ2n) is 5.02. The molecule has 0 unspecified atom stereocenters. The maximum absolute atomic E-state index is 4.27. The SMILES string of the molecule is Cc1cc(C)c(C)c(CCN(C)CCS)c1C. The molecule has 1 nitrogen and oxygen atoms in total. The first-order valence-electron chi connectivity index (χ1n) is 6.33. The topological polar surface area (TPSA) is 3.24 Å². The van der Waals surface area contributed by atoms with E-state index in [0.717, 1.165) is 25.3 Å². The summed E-state index contributed by atoms with van der Waals surface area (Å²) in [6.07, 6.45) is 1.14. The van der Waals surface area contributed by atoms with Crippen molar-refractivity contribution in [3.05, 3.63) is 33.9 Å². The zero-order valence-corrected chi connectivity index (χ0v) is 12.7. The lowest BCUT2D eigenvalue weighted by Crippen LogP contribution is -2.24. The average Bonchev–Trinajstić information content (AvgIpc) is 2.27. The lowest BCUT2D eigenvalue weighted by Gasteiger charge is -2.19. The minimum atomic E-state index is 0.932. The second kappa shape index (κ2) is 6.46. The quantitative estimate of drug-likeness (QED) is 0.786. The first-order valence-corrected chi connectivity index (χ1v) is 6.96. The van der Waals surface area contributed by atoms with E-state index < -0.39 is 0 Å². The van der Waals surface area contributed by atoms with Gasteiger partial charge in [-0.3, -0.25) is 0 Å². The number of hydrogen-bond acceptors (Lipinski definition) is 2. The molecule has 0 heterocycles. The van der Waals surface area contributed by atoms with Gasteiger partial charge in [0.1, 0.15) is 0 Å². The fourth-order valence-corrected chi connectivity index (χ4v) is 2.60. The fourth-order valence-electron chi connectivity index (χ4n) is 2.26. The predicted molar refractivity (Wildman–Crippen MR) is 80.4 cm³/mol. The standard InChI is InChI=1S/C15H25NS/c1-11-10-12(2)14(4)15(13(11)3)6-7-16(5)8-9-17/h10,17H,6-9H2,1-5H3. The van der Waals surface area contributed by atoms with Crippen LogP contribution < -0.4 is 0 Å². The van der Waals surface area contributed by atoms with Crippen molar-refractivity contribution in [2.75, 3.05) is 25.9 Å². The summed E-state index contributed by atoms with van der Waals surface area (Å²) >= 11 is 4.27. The Balaban J connectivity index is 2.83. The van der Waals surface area contributed by atoms with Crippen LogP contribution in [0.15, 0.2) is 6.07 Å². The Morgan fingerprint density at radius 1 is 1.00 bits per heavy atom. The molecular weight excluding hydrogens is 226 g/mol. The van der Waals surface area contributed by atoms with Crippen molar-refractivity contribution in [3.63, 3.8) is 0 Å². The van der Waals surface area contributed by atoms with Gasteiger partial charge in [0.15, 0.2) is 0 Å². The predicted octanol–water partition coefficient (Wildman–Crippen LogP) is 3.32. The third-order valence-electron chi connectivity index (χ3n) is 3.75. The first kappa shape index (κ1) is 14.6. The van der Waals surface area contributed by atoms with Gasteiger partial charge in [0.05, 0.1) is 0 Å². The summed E-state index contributed by atoms with van der Waals surface area (Å²) in [5, 5.41) is 0. The molecular formula is C15H25NS. The van der Waals surface area contributed by atoms with Gasteiger partial charge in [-0.05, 0) is 69.0 Å². The van der Waals surface area contributed by atoms with Crippen LogP contribution in [0.5, 0.6) is 0 Å². The molecule has 1 aromatic carbocycles. The van der Waals surface area contributed by atoms with E-state index in [1.807, 2.05) is 0 Å². The van der Waals surface area contributed by atoms with Crippen LogP contribution in [0.4, 0.5) is 0 Å². The van der Waals surface area contributed by atoms with Gasteiger partial charge >= 0.3 is 0 Å². The van der Waals surface area contributed by atoms with Crippen molar-refractivity contribution in [2.45, 2.75) is 34.1 Å². The van der Waals surface area contributed by atoms with Gasteiger partial charge in [0, 0.05) is 18.8 Å². The summed E-state index contributed by atoms with van der Waals surface area (Å²) in [7, 11) is 2.17. The zero-order valence-electron chi connectivity index (χ0n) is 11.8. The second-order valence-corrected chi connectivity index (χ2v) is 5.46. The largest absolute Gasteiger partial charge is 0.305 e. The Kier molecular flexibility index (Phi) is 5.54. The highest BCUT2D eigenvalue weighted by Gasteiger charge is 2.09. The van der Waals surface area contributed by atoms with Crippen molar-refractivity contribution < 1.29 is 0 Å². The van der Waals surface area contributed by atoms with E-state index in [4.69, 9.17) is 0 Å². The maximum Gasteiger partial charge on any atom is 0.00669 e. The van der Waals surface area contributed by atoms with E-state index in [-0.39, 0.29) is 0 Å². The van der Waals surface area contributed by atoms with Crippen LogP contribution in [0.2, 0.25) is 0 Å². The Hall–Kier alpha value is -0.470. The molecule has 0 amide bonds. The summed E-state index contributed by atoms with van der Waals surface area (Å²) in [6, 6.07) is 2.30. The third-order valence-corrected chi connectivity index (χ3v) is 3.95. The zero-order chi connectivity index (χ0) is 13.0. The van der Waals surface area contributed by atoms with E-state index >= 15 is 0 Å².